The molecule has 2 rings (SSSR count). The van der Waals surface area contributed by atoms with Crippen molar-refractivity contribution < 1.29 is 0 Å². The smallest absolute Gasteiger partial charge is 0.0447 e. The van der Waals surface area contributed by atoms with E-state index in [1.54, 1.807) is 0 Å². The maximum absolute atomic E-state index is 5.68. The maximum Gasteiger partial charge on any atom is 0.0447 e. The highest BCUT2D eigenvalue weighted by Crippen LogP contribution is 2.47. The third kappa shape index (κ3) is 1.05. The van der Waals surface area contributed by atoms with Crippen molar-refractivity contribution in [2.75, 3.05) is 0 Å². The van der Waals surface area contributed by atoms with E-state index in [1.165, 1.54) is 29.6 Å². The largest absolute Gasteiger partial charge is 0.128 e. The van der Waals surface area contributed by atoms with Gasteiger partial charge >= 0.3 is 0 Å². The van der Waals surface area contributed by atoms with Gasteiger partial charge in [-0.25, -0.2) is 0 Å². The molecule has 0 N–H and O–H groups in total. The number of nitrogens with zero attached hydrogens (tertiary/aromatic N) is 1. The first-order valence-corrected chi connectivity index (χ1v) is 4.56. The lowest BCUT2D eigenvalue weighted by Gasteiger charge is -2.23. The van der Waals surface area contributed by atoms with Crippen LogP contribution in [-0.2, 0) is 0 Å². The topological polar surface area (TPSA) is 3.24 Å². The van der Waals surface area contributed by atoms with E-state index in [4.69, 9.17) is 23.6 Å². The Labute approximate surface area is 71.5 Å². The van der Waals surface area contributed by atoms with Crippen LogP contribution in [-0.4, -0.2) is 9.98 Å². The van der Waals surface area contributed by atoms with Gasteiger partial charge in [0.15, 0.2) is 0 Å². The summed E-state index contributed by atoms with van der Waals surface area (Å²) in [6, 6.07) is 0.460. The summed E-state index contributed by atoms with van der Waals surface area (Å²) in [4.78, 5) is 0. The Morgan fingerprint density at radius 3 is 2.20 bits per heavy atom. The highest BCUT2D eigenvalue weighted by atomic mass is 35.5. The van der Waals surface area contributed by atoms with Gasteiger partial charge in [0, 0.05) is 6.04 Å². The van der Waals surface area contributed by atoms with Crippen LogP contribution < -0.4 is 0 Å². The lowest BCUT2D eigenvalue weighted by molar-refractivity contribution is 0.328. The summed E-state index contributed by atoms with van der Waals surface area (Å²) in [5.74, 6) is 1.72. The van der Waals surface area contributed by atoms with E-state index >= 15 is 0 Å². The van der Waals surface area contributed by atoms with Gasteiger partial charge in [0.25, 0.3) is 0 Å². The molecule has 2 aliphatic carbocycles. The van der Waals surface area contributed by atoms with E-state index in [2.05, 4.69) is 0 Å². The zero-order chi connectivity index (χ0) is 7.14. The summed E-state index contributed by atoms with van der Waals surface area (Å²) in [6.45, 7) is 0. The molecule has 3 heteroatoms. The van der Waals surface area contributed by atoms with Crippen LogP contribution in [0, 0.1) is 11.8 Å². The molecule has 0 unspecified atom stereocenters. The van der Waals surface area contributed by atoms with Gasteiger partial charge in [-0.1, -0.05) is 6.42 Å². The summed E-state index contributed by atoms with van der Waals surface area (Å²) in [6.07, 6.45) is 5.33. The van der Waals surface area contributed by atoms with Gasteiger partial charge in [0.2, 0.25) is 0 Å². The first kappa shape index (κ1) is 7.20. The molecular formula is C7H11Cl2N. The van der Waals surface area contributed by atoms with E-state index in [9.17, 15) is 0 Å². The number of halogens is 2. The summed E-state index contributed by atoms with van der Waals surface area (Å²) in [5, 5.41) is 0. The molecular weight excluding hydrogens is 169 g/mol. The monoisotopic (exact) mass is 179 g/mol. The van der Waals surface area contributed by atoms with Gasteiger partial charge in [-0.2, -0.15) is 0 Å². The molecule has 3 atom stereocenters. The van der Waals surface area contributed by atoms with Crippen molar-refractivity contribution >= 4 is 23.6 Å². The van der Waals surface area contributed by atoms with Crippen molar-refractivity contribution in [2.45, 2.75) is 31.7 Å². The molecule has 0 aromatic rings. The van der Waals surface area contributed by atoms with Crippen molar-refractivity contribution in [3.63, 3.8) is 0 Å². The Bertz CT molecular complexity index is 138. The Kier molecular flexibility index (Phi) is 1.83. The van der Waals surface area contributed by atoms with Crippen LogP contribution in [0.5, 0.6) is 0 Å². The molecule has 2 aliphatic rings. The van der Waals surface area contributed by atoms with Crippen molar-refractivity contribution in [1.82, 2.24) is 3.94 Å². The van der Waals surface area contributed by atoms with E-state index in [0.717, 1.165) is 11.8 Å². The standard InChI is InChI=1S/C7H11Cl2N/c8-10(9)7-4-5-1-2-6(7)3-5/h5-7H,1-4H2/t5-,6-,7-/m0/s1. The third-order valence-corrected chi connectivity index (χ3v) is 3.45. The minimum atomic E-state index is 0.460. The molecule has 2 saturated carbocycles. The highest BCUT2D eigenvalue weighted by Gasteiger charge is 2.41. The Hall–Kier alpha value is 0.540. The Balaban J connectivity index is 2.02. The van der Waals surface area contributed by atoms with Crippen LogP contribution in [0.1, 0.15) is 25.7 Å². The van der Waals surface area contributed by atoms with Crippen molar-refractivity contribution in [3.8, 4) is 0 Å². The van der Waals surface area contributed by atoms with E-state index in [-0.39, 0.29) is 0 Å². The quantitative estimate of drug-likeness (QED) is 0.561. The molecule has 58 valence electrons. The summed E-state index contributed by atoms with van der Waals surface area (Å²) in [5.41, 5.74) is 0. The second-order valence-corrected chi connectivity index (χ2v) is 4.40. The van der Waals surface area contributed by atoms with Crippen LogP contribution in [0.2, 0.25) is 0 Å². The second kappa shape index (κ2) is 2.54. The lowest BCUT2D eigenvalue weighted by Crippen LogP contribution is -2.25. The van der Waals surface area contributed by atoms with Gasteiger partial charge in [0.1, 0.15) is 0 Å². The Morgan fingerprint density at radius 2 is 1.90 bits per heavy atom. The van der Waals surface area contributed by atoms with Crippen LogP contribution in [0.15, 0.2) is 0 Å². The van der Waals surface area contributed by atoms with Gasteiger partial charge in [-0.15, -0.1) is 3.94 Å². The van der Waals surface area contributed by atoms with Crippen molar-refractivity contribution in [2.24, 2.45) is 11.8 Å². The zero-order valence-corrected chi connectivity index (χ0v) is 7.28. The Morgan fingerprint density at radius 1 is 1.10 bits per heavy atom. The van der Waals surface area contributed by atoms with Crippen LogP contribution in [0.25, 0.3) is 0 Å². The predicted octanol–water partition coefficient (Wildman–Crippen LogP) is 2.78. The van der Waals surface area contributed by atoms with Crippen molar-refractivity contribution in [3.05, 3.63) is 0 Å². The highest BCUT2D eigenvalue weighted by molar-refractivity contribution is 6.34. The summed E-state index contributed by atoms with van der Waals surface area (Å²) >= 11 is 11.4. The number of rotatable bonds is 1. The lowest BCUT2D eigenvalue weighted by atomic mass is 9.96. The minimum Gasteiger partial charge on any atom is -0.128 e. The molecule has 0 heterocycles. The predicted molar refractivity (Wildman–Crippen MR) is 42.8 cm³/mol. The average molecular weight is 180 g/mol. The van der Waals surface area contributed by atoms with E-state index < -0.39 is 0 Å². The number of hydrogen-bond acceptors (Lipinski definition) is 1. The van der Waals surface area contributed by atoms with Crippen LogP contribution in [0.4, 0.5) is 0 Å². The van der Waals surface area contributed by atoms with Gasteiger partial charge in [0.05, 0.1) is 0 Å². The first-order valence-electron chi connectivity index (χ1n) is 3.88. The van der Waals surface area contributed by atoms with E-state index in [0.29, 0.717) is 6.04 Å². The minimum absolute atomic E-state index is 0.460. The molecule has 10 heavy (non-hydrogen) atoms. The van der Waals surface area contributed by atoms with Gasteiger partial charge < -0.3 is 0 Å². The van der Waals surface area contributed by atoms with Crippen LogP contribution in [0.3, 0.4) is 0 Å². The molecule has 0 aromatic carbocycles. The fraction of sp³-hybridized carbons (Fsp3) is 1.00. The summed E-state index contributed by atoms with van der Waals surface area (Å²) < 4.78 is 1.36. The molecule has 0 saturated heterocycles. The first-order chi connectivity index (χ1) is 4.77. The SMILES string of the molecule is ClN(Cl)[C@H]1C[C@H]2CC[C@H]1C2. The number of hydrogen-bond donors (Lipinski definition) is 0. The zero-order valence-electron chi connectivity index (χ0n) is 5.76. The molecule has 0 amide bonds. The second-order valence-electron chi connectivity index (χ2n) is 3.50. The maximum atomic E-state index is 5.68. The van der Waals surface area contributed by atoms with Crippen LogP contribution >= 0.6 is 23.6 Å². The molecule has 0 spiro atoms. The van der Waals surface area contributed by atoms with Gasteiger partial charge in [-0.05, 0) is 54.7 Å². The molecule has 2 fully saturated rings. The molecule has 0 aromatic heterocycles. The fourth-order valence-corrected chi connectivity index (χ4v) is 2.93. The average Bonchev–Trinajstić information content (AvgIpc) is 2.44. The molecule has 2 bridgehead atoms. The third-order valence-electron chi connectivity index (χ3n) is 2.95. The van der Waals surface area contributed by atoms with Crippen molar-refractivity contribution in [1.29, 1.82) is 0 Å². The normalized spacial score (nSPS) is 45.3. The summed E-state index contributed by atoms with van der Waals surface area (Å²) in [7, 11) is 0. The molecule has 1 nitrogen and oxygen atoms in total. The van der Waals surface area contributed by atoms with Gasteiger partial charge in [-0.3, -0.25) is 0 Å². The fourth-order valence-electron chi connectivity index (χ4n) is 2.45. The van der Waals surface area contributed by atoms with E-state index in [1.807, 2.05) is 0 Å². The molecule has 0 aliphatic heterocycles. The molecule has 0 radical (unpaired) electrons. The number of fused-ring (bicyclic) bond motifs is 2.